The molecule has 0 aliphatic carbocycles. The number of aromatic nitrogens is 1. The number of hydrogen-bond donors (Lipinski definition) is 0. The molecule has 0 spiro atoms. The van der Waals surface area contributed by atoms with Crippen molar-refractivity contribution in [2.75, 3.05) is 11.4 Å². The Hall–Kier alpha value is -2.28. The predicted octanol–water partition coefficient (Wildman–Crippen LogP) is 4.10. The summed E-state index contributed by atoms with van der Waals surface area (Å²) in [6, 6.07) is 10.6. The zero-order chi connectivity index (χ0) is 17.7. The molecular formula is C16H14ClF3N2O2. The van der Waals surface area contributed by atoms with Gasteiger partial charge in [0, 0.05) is 11.2 Å². The van der Waals surface area contributed by atoms with E-state index >= 15 is 0 Å². The van der Waals surface area contributed by atoms with Gasteiger partial charge < -0.3 is 4.74 Å². The van der Waals surface area contributed by atoms with Crippen LogP contribution in [0.3, 0.4) is 0 Å². The number of hydrogen-bond acceptors (Lipinski definition) is 3. The van der Waals surface area contributed by atoms with Crippen molar-refractivity contribution in [1.29, 1.82) is 0 Å². The van der Waals surface area contributed by atoms with E-state index in [0.29, 0.717) is 9.92 Å². The SMILES string of the molecule is C[C@@H](Oc1cccc(Cl)c1)C(=O)N(CC(F)(F)F)c1ccccn1. The molecule has 1 aromatic heterocycles. The standard InChI is InChI=1S/C16H14ClF3N2O2/c1-11(24-13-6-4-5-12(17)9-13)15(23)22(10-16(18,19)20)14-7-2-3-8-21-14/h2-9,11H,10H2,1H3/t11-/m1/s1. The van der Waals surface area contributed by atoms with Crippen molar-refractivity contribution in [3.05, 3.63) is 53.7 Å². The molecule has 1 atom stereocenters. The van der Waals surface area contributed by atoms with E-state index in [1.807, 2.05) is 0 Å². The van der Waals surface area contributed by atoms with Crippen molar-refractivity contribution in [3.8, 4) is 5.75 Å². The number of carbonyl (C=O) groups is 1. The minimum Gasteiger partial charge on any atom is -0.481 e. The average molecular weight is 359 g/mol. The van der Waals surface area contributed by atoms with E-state index in [1.54, 1.807) is 24.3 Å². The number of alkyl halides is 3. The first-order valence-corrected chi connectivity index (χ1v) is 7.35. The second-order valence-electron chi connectivity index (χ2n) is 4.94. The predicted molar refractivity (Wildman–Crippen MR) is 84.2 cm³/mol. The summed E-state index contributed by atoms with van der Waals surface area (Å²) in [5.41, 5.74) is 0. The number of amides is 1. The summed E-state index contributed by atoms with van der Waals surface area (Å²) in [6.45, 7) is -0.0817. The highest BCUT2D eigenvalue weighted by Crippen LogP contribution is 2.23. The Morgan fingerprint density at radius 1 is 1.29 bits per heavy atom. The first-order valence-electron chi connectivity index (χ1n) is 6.97. The van der Waals surface area contributed by atoms with Crippen LogP contribution in [0.2, 0.25) is 5.02 Å². The minimum absolute atomic E-state index is 0.0960. The van der Waals surface area contributed by atoms with Crippen LogP contribution in [0.15, 0.2) is 48.7 Å². The number of benzene rings is 1. The molecular weight excluding hydrogens is 345 g/mol. The van der Waals surface area contributed by atoms with Crippen molar-refractivity contribution in [2.45, 2.75) is 19.2 Å². The summed E-state index contributed by atoms with van der Waals surface area (Å²) in [5.74, 6) is -0.663. The number of pyridine rings is 1. The molecule has 0 aliphatic rings. The first-order chi connectivity index (χ1) is 11.3. The monoisotopic (exact) mass is 358 g/mol. The van der Waals surface area contributed by atoms with Gasteiger partial charge in [0.05, 0.1) is 0 Å². The summed E-state index contributed by atoms with van der Waals surface area (Å²) in [7, 11) is 0. The lowest BCUT2D eigenvalue weighted by molar-refractivity contribution is -0.136. The normalized spacial score (nSPS) is 12.5. The second kappa shape index (κ2) is 7.53. The lowest BCUT2D eigenvalue weighted by Crippen LogP contribution is -2.45. The minimum atomic E-state index is -4.57. The van der Waals surface area contributed by atoms with Crippen LogP contribution in [0.25, 0.3) is 0 Å². The lowest BCUT2D eigenvalue weighted by atomic mass is 10.3. The van der Waals surface area contributed by atoms with Gasteiger partial charge >= 0.3 is 6.18 Å². The molecule has 24 heavy (non-hydrogen) atoms. The van der Waals surface area contributed by atoms with Crippen LogP contribution < -0.4 is 9.64 Å². The topological polar surface area (TPSA) is 42.4 Å². The molecule has 0 saturated carbocycles. The third kappa shape index (κ3) is 5.13. The number of ether oxygens (including phenoxy) is 1. The molecule has 0 unspecified atom stereocenters. The number of anilines is 1. The third-order valence-electron chi connectivity index (χ3n) is 2.99. The summed E-state index contributed by atoms with van der Waals surface area (Å²) < 4.78 is 43.8. The fourth-order valence-corrected chi connectivity index (χ4v) is 2.16. The maximum absolute atomic E-state index is 12.8. The van der Waals surface area contributed by atoms with E-state index in [9.17, 15) is 18.0 Å². The summed E-state index contributed by atoms with van der Waals surface area (Å²) >= 11 is 5.82. The molecule has 4 nitrogen and oxygen atoms in total. The molecule has 0 bridgehead atoms. The highest BCUT2D eigenvalue weighted by Gasteiger charge is 2.36. The van der Waals surface area contributed by atoms with Crippen LogP contribution in [0.4, 0.5) is 19.0 Å². The third-order valence-corrected chi connectivity index (χ3v) is 3.22. The Bertz CT molecular complexity index is 695. The zero-order valence-electron chi connectivity index (χ0n) is 12.6. The molecule has 0 aliphatic heterocycles. The van der Waals surface area contributed by atoms with E-state index in [4.69, 9.17) is 16.3 Å². The Morgan fingerprint density at radius 2 is 2.04 bits per heavy atom. The molecule has 128 valence electrons. The first kappa shape index (κ1) is 18.1. The Labute approximate surface area is 141 Å². The van der Waals surface area contributed by atoms with Gasteiger partial charge in [-0.05, 0) is 37.3 Å². The fraction of sp³-hybridized carbons (Fsp3) is 0.250. The number of halogens is 4. The highest BCUT2D eigenvalue weighted by molar-refractivity contribution is 6.30. The molecule has 2 aromatic rings. The van der Waals surface area contributed by atoms with Gasteiger partial charge in [-0.15, -0.1) is 0 Å². The summed E-state index contributed by atoms with van der Waals surface area (Å²) in [5, 5.41) is 0.393. The second-order valence-corrected chi connectivity index (χ2v) is 5.38. The maximum Gasteiger partial charge on any atom is 0.406 e. The van der Waals surface area contributed by atoms with E-state index in [0.717, 1.165) is 0 Å². The van der Waals surface area contributed by atoms with Crippen LogP contribution in [-0.2, 0) is 4.79 Å². The summed E-state index contributed by atoms with van der Waals surface area (Å²) in [6.07, 6.45) is -4.40. The van der Waals surface area contributed by atoms with E-state index < -0.39 is 24.7 Å². The van der Waals surface area contributed by atoms with Crippen LogP contribution in [0.1, 0.15) is 6.92 Å². The molecule has 1 aromatic carbocycles. The van der Waals surface area contributed by atoms with Crippen LogP contribution in [0, 0.1) is 0 Å². The van der Waals surface area contributed by atoms with Crippen LogP contribution in [0.5, 0.6) is 5.75 Å². The lowest BCUT2D eigenvalue weighted by Gasteiger charge is -2.26. The fourth-order valence-electron chi connectivity index (χ4n) is 1.98. The largest absolute Gasteiger partial charge is 0.481 e. The molecule has 2 rings (SSSR count). The van der Waals surface area contributed by atoms with Gasteiger partial charge in [0.1, 0.15) is 18.1 Å². The van der Waals surface area contributed by atoms with Gasteiger partial charge in [-0.1, -0.05) is 23.7 Å². The number of carbonyl (C=O) groups excluding carboxylic acids is 1. The van der Waals surface area contributed by atoms with Gasteiger partial charge in [0.25, 0.3) is 5.91 Å². The zero-order valence-corrected chi connectivity index (χ0v) is 13.4. The summed E-state index contributed by atoms with van der Waals surface area (Å²) in [4.78, 5) is 16.8. The Morgan fingerprint density at radius 3 is 2.62 bits per heavy atom. The van der Waals surface area contributed by atoms with Crippen molar-refractivity contribution >= 4 is 23.3 Å². The molecule has 0 saturated heterocycles. The molecule has 0 N–H and O–H groups in total. The van der Waals surface area contributed by atoms with Gasteiger partial charge in [-0.2, -0.15) is 13.2 Å². The molecule has 1 amide bonds. The van der Waals surface area contributed by atoms with Gasteiger partial charge in [0.2, 0.25) is 0 Å². The van der Waals surface area contributed by atoms with Crippen molar-refractivity contribution in [2.24, 2.45) is 0 Å². The highest BCUT2D eigenvalue weighted by atomic mass is 35.5. The Kier molecular flexibility index (Phi) is 5.66. The van der Waals surface area contributed by atoms with Gasteiger partial charge in [0.15, 0.2) is 6.10 Å². The van der Waals surface area contributed by atoms with Crippen molar-refractivity contribution in [1.82, 2.24) is 4.98 Å². The molecule has 0 fully saturated rings. The maximum atomic E-state index is 12.8. The van der Waals surface area contributed by atoms with Gasteiger partial charge in [-0.3, -0.25) is 9.69 Å². The van der Waals surface area contributed by atoms with Gasteiger partial charge in [-0.25, -0.2) is 4.98 Å². The Balaban J connectivity index is 2.20. The van der Waals surface area contributed by atoms with Crippen molar-refractivity contribution in [3.63, 3.8) is 0 Å². The molecule has 0 radical (unpaired) electrons. The van der Waals surface area contributed by atoms with Crippen LogP contribution in [-0.4, -0.2) is 29.7 Å². The molecule has 8 heteroatoms. The smallest absolute Gasteiger partial charge is 0.406 e. The quantitative estimate of drug-likeness (QED) is 0.808. The molecule has 1 heterocycles. The number of rotatable bonds is 5. The van der Waals surface area contributed by atoms with E-state index in [1.165, 1.54) is 31.3 Å². The van der Waals surface area contributed by atoms with Crippen LogP contribution >= 0.6 is 11.6 Å². The van der Waals surface area contributed by atoms with Crippen molar-refractivity contribution < 1.29 is 22.7 Å². The number of nitrogens with zero attached hydrogens (tertiary/aromatic N) is 2. The average Bonchev–Trinajstić information content (AvgIpc) is 2.52. The van der Waals surface area contributed by atoms with E-state index in [2.05, 4.69) is 4.98 Å². The van der Waals surface area contributed by atoms with E-state index in [-0.39, 0.29) is 11.6 Å².